The van der Waals surface area contributed by atoms with Crippen LogP contribution in [0.15, 0.2) is 30.7 Å². The number of rotatable bonds is 5. The zero-order valence-electron chi connectivity index (χ0n) is 10.7. The number of aryl methyl sites for hydroxylation is 1. The number of hydrogen-bond acceptors (Lipinski definition) is 3. The Morgan fingerprint density at radius 1 is 1.47 bits per heavy atom. The van der Waals surface area contributed by atoms with Crippen molar-refractivity contribution in [1.82, 2.24) is 9.55 Å². The third kappa shape index (κ3) is 3.10. The van der Waals surface area contributed by atoms with Gasteiger partial charge < -0.3 is 9.88 Å². The molecule has 98 valence electrons. The molecule has 1 aromatic heterocycles. The molecule has 0 spiro atoms. The van der Waals surface area contributed by atoms with Crippen LogP contribution in [0.2, 0.25) is 0 Å². The van der Waals surface area contributed by atoms with E-state index in [0.717, 1.165) is 24.3 Å². The highest BCUT2D eigenvalue weighted by molar-refractivity contribution is 5.49. The molecule has 0 radical (unpaired) electrons. The van der Waals surface area contributed by atoms with Crippen molar-refractivity contribution in [2.75, 3.05) is 5.32 Å². The molecule has 0 aliphatic carbocycles. The van der Waals surface area contributed by atoms with Crippen molar-refractivity contribution < 1.29 is 4.39 Å². The molecule has 0 aliphatic heterocycles. The number of anilines is 1. The Labute approximate surface area is 111 Å². The molecule has 2 rings (SSSR count). The van der Waals surface area contributed by atoms with Gasteiger partial charge in [-0.15, -0.1) is 0 Å². The summed E-state index contributed by atoms with van der Waals surface area (Å²) in [6, 6.07) is 6.26. The molecule has 1 aromatic carbocycles. The van der Waals surface area contributed by atoms with Gasteiger partial charge in [0.2, 0.25) is 0 Å². The summed E-state index contributed by atoms with van der Waals surface area (Å²) in [5, 5.41) is 11.9. The van der Waals surface area contributed by atoms with Crippen molar-refractivity contribution in [2.24, 2.45) is 0 Å². The second-order valence-corrected chi connectivity index (χ2v) is 4.24. The number of imidazole rings is 1. The van der Waals surface area contributed by atoms with Crippen molar-refractivity contribution in [1.29, 1.82) is 5.26 Å². The van der Waals surface area contributed by atoms with Crippen molar-refractivity contribution in [3.05, 3.63) is 47.8 Å². The Bertz CT molecular complexity index is 598. The highest BCUT2D eigenvalue weighted by atomic mass is 19.1. The molecule has 0 bridgehead atoms. The number of aromatic nitrogens is 2. The van der Waals surface area contributed by atoms with Gasteiger partial charge >= 0.3 is 0 Å². The van der Waals surface area contributed by atoms with Crippen LogP contribution < -0.4 is 5.32 Å². The first-order valence-corrected chi connectivity index (χ1v) is 6.17. The molecule has 0 atom stereocenters. The van der Waals surface area contributed by atoms with Gasteiger partial charge in [-0.25, -0.2) is 9.37 Å². The van der Waals surface area contributed by atoms with Crippen LogP contribution >= 0.6 is 0 Å². The van der Waals surface area contributed by atoms with Crippen LogP contribution in [0.3, 0.4) is 0 Å². The Kier molecular flexibility index (Phi) is 4.14. The highest BCUT2D eigenvalue weighted by Crippen LogP contribution is 2.15. The van der Waals surface area contributed by atoms with Crippen LogP contribution in [-0.4, -0.2) is 9.55 Å². The molecule has 2 aromatic rings. The van der Waals surface area contributed by atoms with Gasteiger partial charge in [-0.1, -0.05) is 6.92 Å². The second-order valence-electron chi connectivity index (χ2n) is 4.24. The average Bonchev–Trinajstić information content (AvgIpc) is 2.86. The molecule has 0 aliphatic rings. The Morgan fingerprint density at radius 3 is 3.05 bits per heavy atom. The third-order valence-corrected chi connectivity index (χ3v) is 2.82. The van der Waals surface area contributed by atoms with Crippen LogP contribution in [0.1, 0.15) is 24.6 Å². The maximum atomic E-state index is 13.2. The van der Waals surface area contributed by atoms with Gasteiger partial charge in [-0.05, 0) is 24.6 Å². The number of halogens is 1. The number of nitrogens with zero attached hydrogens (tertiary/aromatic N) is 3. The Balaban J connectivity index is 2.06. The number of nitriles is 1. The summed E-state index contributed by atoms with van der Waals surface area (Å²) in [6.45, 7) is 3.62. The average molecular weight is 258 g/mol. The molecule has 1 N–H and O–H groups in total. The summed E-state index contributed by atoms with van der Waals surface area (Å²) in [5.74, 6) is -0.496. The fraction of sp³-hybridized carbons (Fsp3) is 0.286. The topological polar surface area (TPSA) is 53.6 Å². The molecule has 0 saturated heterocycles. The summed E-state index contributed by atoms with van der Waals surface area (Å²) >= 11 is 0. The zero-order chi connectivity index (χ0) is 13.7. The van der Waals surface area contributed by atoms with Crippen LogP contribution in [0, 0.1) is 17.1 Å². The van der Waals surface area contributed by atoms with Crippen molar-refractivity contribution in [3.63, 3.8) is 0 Å². The lowest BCUT2D eigenvalue weighted by molar-refractivity contribution is 0.624. The van der Waals surface area contributed by atoms with Gasteiger partial charge in [0, 0.05) is 18.4 Å². The van der Waals surface area contributed by atoms with E-state index in [9.17, 15) is 4.39 Å². The minimum absolute atomic E-state index is 0.0482. The summed E-state index contributed by atoms with van der Waals surface area (Å²) in [6.07, 6.45) is 4.64. The molecule has 19 heavy (non-hydrogen) atoms. The molecule has 0 unspecified atom stereocenters. The molecule has 0 saturated carbocycles. The summed E-state index contributed by atoms with van der Waals surface area (Å²) in [7, 11) is 0. The van der Waals surface area contributed by atoms with Gasteiger partial charge in [-0.3, -0.25) is 0 Å². The second kappa shape index (κ2) is 6.01. The maximum absolute atomic E-state index is 13.2. The van der Waals surface area contributed by atoms with E-state index in [1.54, 1.807) is 18.6 Å². The van der Waals surface area contributed by atoms with Crippen LogP contribution in [0.25, 0.3) is 0 Å². The minimum atomic E-state index is -0.496. The SMILES string of the molecule is CCCn1cncc1CNc1ccc(F)c(C#N)c1. The normalized spacial score (nSPS) is 10.2. The summed E-state index contributed by atoms with van der Waals surface area (Å²) < 4.78 is 15.3. The number of hydrogen-bond donors (Lipinski definition) is 1. The van der Waals surface area contributed by atoms with Crippen molar-refractivity contribution in [3.8, 4) is 6.07 Å². The van der Waals surface area contributed by atoms with E-state index in [-0.39, 0.29) is 5.56 Å². The van der Waals surface area contributed by atoms with Gasteiger partial charge in [-0.2, -0.15) is 5.26 Å². The minimum Gasteiger partial charge on any atom is -0.379 e. The zero-order valence-corrected chi connectivity index (χ0v) is 10.7. The largest absolute Gasteiger partial charge is 0.379 e. The summed E-state index contributed by atoms with van der Waals surface area (Å²) in [4.78, 5) is 4.11. The maximum Gasteiger partial charge on any atom is 0.141 e. The lowest BCUT2D eigenvalue weighted by Crippen LogP contribution is -2.07. The predicted octanol–water partition coefficient (Wildman–Crippen LogP) is 2.92. The fourth-order valence-corrected chi connectivity index (χ4v) is 1.85. The smallest absolute Gasteiger partial charge is 0.141 e. The van der Waals surface area contributed by atoms with E-state index in [1.807, 2.05) is 6.07 Å². The lowest BCUT2D eigenvalue weighted by atomic mass is 10.2. The standard InChI is InChI=1S/C14H15FN4/c1-2-5-19-10-17-8-13(19)9-18-12-3-4-14(15)11(6-12)7-16/h3-4,6,8,10,18H,2,5,9H2,1H3. The Morgan fingerprint density at radius 2 is 2.32 bits per heavy atom. The van der Waals surface area contributed by atoms with Crippen LogP contribution in [0.5, 0.6) is 0 Å². The lowest BCUT2D eigenvalue weighted by Gasteiger charge is -2.09. The van der Waals surface area contributed by atoms with E-state index in [1.165, 1.54) is 12.1 Å². The van der Waals surface area contributed by atoms with Gasteiger partial charge in [0.1, 0.15) is 11.9 Å². The molecule has 0 amide bonds. The predicted molar refractivity (Wildman–Crippen MR) is 71.0 cm³/mol. The number of benzene rings is 1. The molecule has 5 heteroatoms. The van der Waals surface area contributed by atoms with E-state index in [0.29, 0.717) is 6.54 Å². The highest BCUT2D eigenvalue weighted by Gasteiger charge is 2.04. The van der Waals surface area contributed by atoms with E-state index >= 15 is 0 Å². The molecular formula is C14H15FN4. The first-order valence-electron chi connectivity index (χ1n) is 6.17. The molecule has 4 nitrogen and oxygen atoms in total. The van der Waals surface area contributed by atoms with Crippen molar-refractivity contribution in [2.45, 2.75) is 26.4 Å². The van der Waals surface area contributed by atoms with E-state index in [2.05, 4.69) is 21.8 Å². The fourth-order valence-electron chi connectivity index (χ4n) is 1.85. The quantitative estimate of drug-likeness (QED) is 0.897. The third-order valence-electron chi connectivity index (χ3n) is 2.82. The van der Waals surface area contributed by atoms with E-state index < -0.39 is 5.82 Å². The molecule has 0 fully saturated rings. The van der Waals surface area contributed by atoms with Crippen molar-refractivity contribution >= 4 is 5.69 Å². The summed E-state index contributed by atoms with van der Waals surface area (Å²) in [5.41, 5.74) is 1.83. The van der Waals surface area contributed by atoms with Crippen LogP contribution in [0.4, 0.5) is 10.1 Å². The van der Waals surface area contributed by atoms with Gasteiger partial charge in [0.15, 0.2) is 0 Å². The molecule has 1 heterocycles. The first kappa shape index (κ1) is 13.1. The van der Waals surface area contributed by atoms with Gasteiger partial charge in [0.05, 0.1) is 24.1 Å². The van der Waals surface area contributed by atoms with Gasteiger partial charge in [0.25, 0.3) is 0 Å². The first-order chi connectivity index (χ1) is 9.24. The monoisotopic (exact) mass is 258 g/mol. The van der Waals surface area contributed by atoms with Crippen LogP contribution in [-0.2, 0) is 13.1 Å². The van der Waals surface area contributed by atoms with E-state index in [4.69, 9.17) is 5.26 Å². The number of nitrogens with one attached hydrogen (secondary N) is 1. The molecular weight excluding hydrogens is 243 g/mol. The Hall–Kier alpha value is -2.35.